The van der Waals surface area contributed by atoms with Crippen molar-refractivity contribution in [3.8, 4) is 0 Å². The number of carbonyl (C=O) groups is 2. The van der Waals surface area contributed by atoms with Gasteiger partial charge in [0, 0.05) is 5.69 Å². The minimum atomic E-state index is -4.51. The maximum absolute atomic E-state index is 13.3. The standard InChI is InChI=1S/C22H17F3N2O5S/c23-22(24,25)14-7-9-15(10-8-14)26-20(28)13-27-16-4-1-2-6-18(16)33(30,31)19(12-21(27)29)17-5-3-11-32-17/h1-11,19H,12-13H2,(H,26,28). The Morgan fingerprint density at radius 3 is 2.39 bits per heavy atom. The van der Waals surface area contributed by atoms with E-state index in [1.165, 1.54) is 42.7 Å². The molecule has 0 saturated carbocycles. The Balaban J connectivity index is 1.61. The van der Waals surface area contributed by atoms with Crippen molar-refractivity contribution in [1.82, 2.24) is 0 Å². The van der Waals surface area contributed by atoms with Gasteiger partial charge in [-0.2, -0.15) is 13.2 Å². The SMILES string of the molecule is O=C(CN1C(=O)CC(c2ccco2)S(=O)(=O)c2ccccc21)Nc1ccc(C(F)(F)F)cc1. The van der Waals surface area contributed by atoms with E-state index in [2.05, 4.69) is 5.32 Å². The third-order valence-electron chi connectivity index (χ3n) is 5.16. The van der Waals surface area contributed by atoms with Crippen LogP contribution in [0.3, 0.4) is 0 Å². The van der Waals surface area contributed by atoms with Gasteiger partial charge in [-0.15, -0.1) is 0 Å². The fourth-order valence-electron chi connectivity index (χ4n) is 3.57. The lowest BCUT2D eigenvalue weighted by Gasteiger charge is -2.22. The van der Waals surface area contributed by atoms with Gasteiger partial charge in [0.15, 0.2) is 9.84 Å². The highest BCUT2D eigenvalue weighted by molar-refractivity contribution is 7.91. The van der Waals surface area contributed by atoms with Crippen molar-refractivity contribution in [3.63, 3.8) is 0 Å². The van der Waals surface area contributed by atoms with Gasteiger partial charge in [0.1, 0.15) is 17.6 Å². The summed E-state index contributed by atoms with van der Waals surface area (Å²) < 4.78 is 70.0. The number of anilines is 2. The number of para-hydroxylation sites is 1. The zero-order valence-corrected chi connectivity index (χ0v) is 17.7. The van der Waals surface area contributed by atoms with E-state index >= 15 is 0 Å². The van der Waals surface area contributed by atoms with Crippen LogP contribution >= 0.6 is 0 Å². The van der Waals surface area contributed by atoms with Crippen molar-refractivity contribution in [2.45, 2.75) is 22.7 Å². The molecule has 1 N–H and O–H groups in total. The number of fused-ring (bicyclic) bond motifs is 1. The summed E-state index contributed by atoms with van der Waals surface area (Å²) in [6.07, 6.45) is -3.65. The van der Waals surface area contributed by atoms with E-state index in [0.717, 1.165) is 29.2 Å². The van der Waals surface area contributed by atoms with E-state index < -0.39 is 51.6 Å². The van der Waals surface area contributed by atoms with Crippen LogP contribution in [0, 0.1) is 0 Å². The number of rotatable bonds is 4. The molecule has 1 aliphatic rings. The molecule has 4 rings (SSSR count). The van der Waals surface area contributed by atoms with Gasteiger partial charge in [0.25, 0.3) is 0 Å². The van der Waals surface area contributed by atoms with Gasteiger partial charge in [0.05, 0.1) is 28.8 Å². The lowest BCUT2D eigenvalue weighted by molar-refractivity contribution is -0.137. The number of hydrogen-bond acceptors (Lipinski definition) is 5. The van der Waals surface area contributed by atoms with Gasteiger partial charge in [-0.25, -0.2) is 8.42 Å². The maximum Gasteiger partial charge on any atom is 0.416 e. The molecule has 0 fully saturated rings. The molecule has 1 aromatic heterocycles. The predicted octanol–water partition coefficient (Wildman–Crippen LogP) is 4.19. The van der Waals surface area contributed by atoms with Crippen molar-refractivity contribution in [1.29, 1.82) is 0 Å². The summed E-state index contributed by atoms with van der Waals surface area (Å²) in [5.74, 6) is -1.21. The average Bonchev–Trinajstić information content (AvgIpc) is 3.27. The first-order valence-electron chi connectivity index (χ1n) is 9.71. The van der Waals surface area contributed by atoms with Crippen LogP contribution in [0.4, 0.5) is 24.5 Å². The third-order valence-corrected chi connectivity index (χ3v) is 7.26. The van der Waals surface area contributed by atoms with Gasteiger partial charge in [-0.05, 0) is 48.5 Å². The second kappa shape index (κ2) is 8.39. The summed E-state index contributed by atoms with van der Waals surface area (Å²) in [6.45, 7) is -0.530. The number of nitrogens with one attached hydrogen (secondary N) is 1. The number of amides is 2. The molecule has 0 bridgehead atoms. The molecule has 7 nitrogen and oxygen atoms in total. The van der Waals surface area contributed by atoms with Crippen LogP contribution in [-0.2, 0) is 25.6 Å². The first-order valence-corrected chi connectivity index (χ1v) is 11.3. The van der Waals surface area contributed by atoms with E-state index in [9.17, 15) is 31.2 Å². The topological polar surface area (TPSA) is 96.7 Å². The number of hydrogen-bond donors (Lipinski definition) is 1. The molecular formula is C22H17F3N2O5S. The highest BCUT2D eigenvalue weighted by Crippen LogP contribution is 2.40. The highest BCUT2D eigenvalue weighted by Gasteiger charge is 2.41. The molecule has 11 heteroatoms. The van der Waals surface area contributed by atoms with Gasteiger partial charge in [-0.1, -0.05) is 12.1 Å². The van der Waals surface area contributed by atoms with Crippen LogP contribution in [-0.4, -0.2) is 26.8 Å². The molecule has 0 spiro atoms. The number of furan rings is 1. The van der Waals surface area contributed by atoms with Crippen molar-refractivity contribution >= 4 is 33.0 Å². The van der Waals surface area contributed by atoms with Crippen LogP contribution in [0.5, 0.6) is 0 Å². The molecule has 0 radical (unpaired) electrons. The molecule has 1 unspecified atom stereocenters. The molecule has 2 heterocycles. The number of halogens is 3. The van der Waals surface area contributed by atoms with E-state index in [4.69, 9.17) is 4.42 Å². The van der Waals surface area contributed by atoms with Crippen molar-refractivity contribution in [3.05, 3.63) is 78.3 Å². The van der Waals surface area contributed by atoms with Gasteiger partial charge >= 0.3 is 6.18 Å². The first kappa shape index (κ1) is 22.6. The Bertz CT molecular complexity index is 1290. The smallest absolute Gasteiger partial charge is 0.416 e. The molecule has 172 valence electrons. The van der Waals surface area contributed by atoms with E-state index in [0.29, 0.717) is 0 Å². The number of nitrogens with zero attached hydrogens (tertiary/aromatic N) is 1. The van der Waals surface area contributed by atoms with Gasteiger partial charge in [-0.3, -0.25) is 9.59 Å². The Morgan fingerprint density at radius 2 is 1.76 bits per heavy atom. The summed E-state index contributed by atoms with van der Waals surface area (Å²) in [6, 6.07) is 12.6. The molecule has 3 aromatic rings. The number of alkyl halides is 3. The van der Waals surface area contributed by atoms with Crippen LogP contribution in [0.25, 0.3) is 0 Å². The van der Waals surface area contributed by atoms with Gasteiger partial charge in [0.2, 0.25) is 11.8 Å². The fraction of sp³-hybridized carbons (Fsp3) is 0.182. The molecule has 0 aliphatic carbocycles. The normalized spacial score (nSPS) is 17.8. The minimum absolute atomic E-state index is 0.0409. The molecule has 1 atom stereocenters. The quantitative estimate of drug-likeness (QED) is 0.607. The summed E-state index contributed by atoms with van der Waals surface area (Å²) in [5.41, 5.74) is -0.727. The third kappa shape index (κ3) is 4.49. The second-order valence-electron chi connectivity index (χ2n) is 7.32. The van der Waals surface area contributed by atoms with E-state index in [1.54, 1.807) is 0 Å². The van der Waals surface area contributed by atoms with Crippen molar-refractivity contribution in [2.24, 2.45) is 0 Å². The molecule has 33 heavy (non-hydrogen) atoms. The largest absolute Gasteiger partial charge is 0.468 e. The second-order valence-corrected chi connectivity index (χ2v) is 9.42. The highest BCUT2D eigenvalue weighted by atomic mass is 32.2. The Hall–Kier alpha value is -3.60. The minimum Gasteiger partial charge on any atom is -0.468 e. The lowest BCUT2D eigenvalue weighted by Crippen LogP contribution is -2.38. The summed E-state index contributed by atoms with van der Waals surface area (Å²) >= 11 is 0. The molecule has 2 amide bonds. The molecular weight excluding hydrogens is 461 g/mol. The van der Waals surface area contributed by atoms with E-state index in [1.807, 2.05) is 0 Å². The van der Waals surface area contributed by atoms with Crippen molar-refractivity contribution < 1.29 is 35.6 Å². The number of benzene rings is 2. The summed E-state index contributed by atoms with van der Waals surface area (Å²) in [5, 5.41) is 1.17. The van der Waals surface area contributed by atoms with Crippen LogP contribution in [0.15, 0.2) is 76.2 Å². The van der Waals surface area contributed by atoms with Crippen LogP contribution in [0.2, 0.25) is 0 Å². The average molecular weight is 478 g/mol. The van der Waals surface area contributed by atoms with Crippen LogP contribution < -0.4 is 10.2 Å². The first-order chi connectivity index (χ1) is 15.6. The summed E-state index contributed by atoms with van der Waals surface area (Å²) in [4.78, 5) is 26.6. The fourth-order valence-corrected chi connectivity index (χ4v) is 5.42. The Labute approximate surface area is 186 Å². The molecule has 1 aliphatic heterocycles. The van der Waals surface area contributed by atoms with Crippen LogP contribution in [0.1, 0.15) is 23.0 Å². The van der Waals surface area contributed by atoms with Crippen molar-refractivity contribution in [2.75, 3.05) is 16.8 Å². The number of sulfone groups is 1. The maximum atomic E-state index is 13.3. The zero-order valence-electron chi connectivity index (χ0n) is 16.9. The predicted molar refractivity (Wildman–Crippen MR) is 112 cm³/mol. The molecule has 0 saturated heterocycles. The Morgan fingerprint density at radius 1 is 1.06 bits per heavy atom. The summed E-state index contributed by atoms with van der Waals surface area (Å²) in [7, 11) is -4.02. The Kier molecular flexibility index (Phi) is 5.75. The monoisotopic (exact) mass is 478 g/mol. The molecule has 2 aromatic carbocycles. The lowest BCUT2D eigenvalue weighted by atomic mass is 10.2. The number of carbonyl (C=O) groups excluding carboxylic acids is 2. The van der Waals surface area contributed by atoms with E-state index in [-0.39, 0.29) is 22.0 Å². The van der Waals surface area contributed by atoms with Gasteiger partial charge < -0.3 is 14.6 Å². The zero-order chi connectivity index (χ0) is 23.8.